The molecule has 2 aromatic carbocycles. The lowest BCUT2D eigenvalue weighted by atomic mass is 10.1. The zero-order valence-electron chi connectivity index (χ0n) is 17.9. The van der Waals surface area contributed by atoms with E-state index in [9.17, 15) is 4.79 Å². The van der Waals surface area contributed by atoms with Crippen LogP contribution in [0.1, 0.15) is 17.1 Å². The van der Waals surface area contributed by atoms with Crippen LogP contribution in [0.4, 0.5) is 0 Å². The summed E-state index contributed by atoms with van der Waals surface area (Å²) in [5.74, 6) is 2.77. The summed E-state index contributed by atoms with van der Waals surface area (Å²) in [5, 5.41) is 0.593. The lowest BCUT2D eigenvalue weighted by molar-refractivity contribution is 0.291. The summed E-state index contributed by atoms with van der Waals surface area (Å²) in [4.78, 5) is 20.1. The Morgan fingerprint density at radius 1 is 1.00 bits per heavy atom. The fraction of sp³-hybridized carbons (Fsp3) is 0.250. The number of nitrogens with zero attached hydrogens (tertiary/aromatic N) is 3. The summed E-state index contributed by atoms with van der Waals surface area (Å²) < 4.78 is 18.1. The molecule has 0 fully saturated rings. The molecule has 0 saturated carbocycles. The fourth-order valence-corrected chi connectivity index (χ4v) is 3.72. The summed E-state index contributed by atoms with van der Waals surface area (Å²) >= 11 is 0. The second-order valence-corrected chi connectivity index (χ2v) is 7.34. The van der Waals surface area contributed by atoms with Crippen molar-refractivity contribution in [2.45, 2.75) is 19.6 Å². The first kappa shape index (κ1) is 20.7. The molecular weight excluding hydrogens is 394 g/mol. The Balaban J connectivity index is 1.68. The van der Waals surface area contributed by atoms with Gasteiger partial charge in [0.1, 0.15) is 11.6 Å². The van der Waals surface area contributed by atoms with Crippen molar-refractivity contribution in [3.63, 3.8) is 0 Å². The molecule has 0 spiro atoms. The number of hydrogen-bond donors (Lipinski definition) is 0. The highest BCUT2D eigenvalue weighted by Gasteiger charge is 2.16. The second-order valence-electron chi connectivity index (χ2n) is 7.34. The standard InChI is InChI=1S/C24H25N3O4/c1-26(14-17-8-6-12-21(29-2)23(17)30-3)16-22-25-20-11-5-4-10-19(20)24(28)27(22)15-18-9-7-13-31-18/h4-13H,14-16H2,1-3H3. The third-order valence-corrected chi connectivity index (χ3v) is 5.17. The van der Waals surface area contributed by atoms with E-state index in [-0.39, 0.29) is 5.56 Å². The normalized spacial score (nSPS) is 11.2. The molecule has 0 radical (unpaired) electrons. The zero-order chi connectivity index (χ0) is 21.8. The van der Waals surface area contributed by atoms with Gasteiger partial charge in [0.2, 0.25) is 0 Å². The first-order valence-electron chi connectivity index (χ1n) is 10.00. The Bertz CT molecular complexity index is 1230. The number of methoxy groups -OCH3 is 2. The number of ether oxygens (including phenoxy) is 2. The van der Waals surface area contributed by atoms with Crippen molar-refractivity contribution < 1.29 is 13.9 Å². The van der Waals surface area contributed by atoms with Crippen LogP contribution in [0.25, 0.3) is 10.9 Å². The molecule has 4 aromatic rings. The number of rotatable bonds is 8. The van der Waals surface area contributed by atoms with E-state index in [1.807, 2.05) is 55.6 Å². The van der Waals surface area contributed by atoms with Crippen LogP contribution in [0.5, 0.6) is 11.5 Å². The summed E-state index contributed by atoms with van der Waals surface area (Å²) in [5.41, 5.74) is 1.60. The molecule has 0 aliphatic rings. The largest absolute Gasteiger partial charge is 0.493 e. The van der Waals surface area contributed by atoms with Gasteiger partial charge in [-0.05, 0) is 37.4 Å². The van der Waals surface area contributed by atoms with Gasteiger partial charge in [-0.1, -0.05) is 24.3 Å². The van der Waals surface area contributed by atoms with Crippen molar-refractivity contribution in [2.24, 2.45) is 0 Å². The van der Waals surface area contributed by atoms with Crippen molar-refractivity contribution in [1.29, 1.82) is 0 Å². The molecule has 31 heavy (non-hydrogen) atoms. The first-order valence-corrected chi connectivity index (χ1v) is 10.00. The summed E-state index contributed by atoms with van der Waals surface area (Å²) in [6.45, 7) is 1.40. The fourth-order valence-electron chi connectivity index (χ4n) is 3.72. The number of fused-ring (bicyclic) bond motifs is 1. The topological polar surface area (TPSA) is 69.7 Å². The maximum Gasteiger partial charge on any atom is 0.261 e. The number of hydrogen-bond acceptors (Lipinski definition) is 6. The van der Waals surface area contributed by atoms with Crippen LogP contribution in [0.15, 0.2) is 70.1 Å². The van der Waals surface area contributed by atoms with Crippen LogP contribution in [0.2, 0.25) is 0 Å². The Hall–Kier alpha value is -3.58. The smallest absolute Gasteiger partial charge is 0.261 e. The van der Waals surface area contributed by atoms with Gasteiger partial charge in [0.05, 0.1) is 44.5 Å². The maximum atomic E-state index is 13.2. The maximum absolute atomic E-state index is 13.2. The Morgan fingerprint density at radius 2 is 1.84 bits per heavy atom. The summed E-state index contributed by atoms with van der Waals surface area (Å²) in [6, 6.07) is 16.9. The number of benzene rings is 2. The van der Waals surface area contributed by atoms with Crippen LogP contribution < -0.4 is 15.0 Å². The summed E-state index contributed by atoms with van der Waals surface area (Å²) in [7, 11) is 5.24. The molecule has 160 valence electrons. The first-order chi connectivity index (χ1) is 15.1. The van der Waals surface area contributed by atoms with E-state index in [4.69, 9.17) is 18.9 Å². The number of furan rings is 1. The van der Waals surface area contributed by atoms with Gasteiger partial charge in [-0.15, -0.1) is 0 Å². The van der Waals surface area contributed by atoms with E-state index in [2.05, 4.69) is 4.90 Å². The monoisotopic (exact) mass is 419 g/mol. The van der Waals surface area contributed by atoms with Crippen LogP contribution >= 0.6 is 0 Å². The molecule has 0 saturated heterocycles. The third kappa shape index (κ3) is 4.32. The van der Waals surface area contributed by atoms with Crippen LogP contribution in [0, 0.1) is 0 Å². The SMILES string of the molecule is COc1cccc(CN(C)Cc2nc3ccccc3c(=O)n2Cc2ccco2)c1OC. The van der Waals surface area contributed by atoms with Crippen molar-refractivity contribution in [1.82, 2.24) is 14.5 Å². The highest BCUT2D eigenvalue weighted by Crippen LogP contribution is 2.31. The molecule has 0 bridgehead atoms. The molecule has 2 aromatic heterocycles. The number of para-hydroxylation sites is 2. The molecule has 7 nitrogen and oxygen atoms in total. The molecule has 0 aliphatic carbocycles. The minimum absolute atomic E-state index is 0.0793. The van der Waals surface area contributed by atoms with Gasteiger partial charge in [0.25, 0.3) is 5.56 Å². The predicted octanol–water partition coefficient (Wildman–Crippen LogP) is 3.69. The van der Waals surface area contributed by atoms with Crippen LogP contribution in [0.3, 0.4) is 0 Å². The quantitative estimate of drug-likeness (QED) is 0.434. The third-order valence-electron chi connectivity index (χ3n) is 5.17. The van der Waals surface area contributed by atoms with Gasteiger partial charge in [0.15, 0.2) is 11.5 Å². The zero-order valence-corrected chi connectivity index (χ0v) is 17.9. The van der Waals surface area contributed by atoms with E-state index >= 15 is 0 Å². The molecule has 0 aliphatic heterocycles. The lowest BCUT2D eigenvalue weighted by Crippen LogP contribution is -2.29. The van der Waals surface area contributed by atoms with Gasteiger partial charge in [-0.25, -0.2) is 4.98 Å². The Morgan fingerprint density at radius 3 is 2.58 bits per heavy atom. The minimum atomic E-state index is -0.0793. The number of aromatic nitrogens is 2. The van der Waals surface area contributed by atoms with Gasteiger partial charge in [0, 0.05) is 12.1 Å². The lowest BCUT2D eigenvalue weighted by Gasteiger charge is -2.21. The van der Waals surface area contributed by atoms with E-state index in [0.717, 1.165) is 5.56 Å². The molecule has 0 atom stereocenters. The van der Waals surface area contributed by atoms with E-state index in [1.165, 1.54) is 0 Å². The molecule has 4 rings (SSSR count). The van der Waals surface area contributed by atoms with Crippen LogP contribution in [-0.4, -0.2) is 35.7 Å². The van der Waals surface area contributed by atoms with Gasteiger partial charge >= 0.3 is 0 Å². The summed E-state index contributed by atoms with van der Waals surface area (Å²) in [6.07, 6.45) is 1.61. The molecule has 2 heterocycles. The van der Waals surface area contributed by atoms with Crippen molar-refractivity contribution in [3.05, 3.63) is 88.4 Å². The molecule has 0 unspecified atom stereocenters. The van der Waals surface area contributed by atoms with Crippen molar-refractivity contribution in [2.75, 3.05) is 21.3 Å². The van der Waals surface area contributed by atoms with Gasteiger partial charge < -0.3 is 13.9 Å². The minimum Gasteiger partial charge on any atom is -0.493 e. The molecule has 0 N–H and O–H groups in total. The van der Waals surface area contributed by atoms with E-state index in [1.54, 1.807) is 31.1 Å². The Labute approximate surface area is 180 Å². The Kier molecular flexibility index (Phi) is 6.04. The van der Waals surface area contributed by atoms with Crippen molar-refractivity contribution in [3.8, 4) is 11.5 Å². The van der Waals surface area contributed by atoms with Gasteiger partial charge in [-0.2, -0.15) is 0 Å². The van der Waals surface area contributed by atoms with E-state index < -0.39 is 0 Å². The molecule has 0 amide bonds. The molecule has 7 heteroatoms. The highest BCUT2D eigenvalue weighted by molar-refractivity contribution is 5.77. The average Bonchev–Trinajstić information content (AvgIpc) is 3.29. The second kappa shape index (κ2) is 9.06. The predicted molar refractivity (Wildman–Crippen MR) is 119 cm³/mol. The van der Waals surface area contributed by atoms with Gasteiger partial charge in [-0.3, -0.25) is 14.3 Å². The van der Waals surface area contributed by atoms with Crippen LogP contribution in [-0.2, 0) is 19.6 Å². The van der Waals surface area contributed by atoms with Crippen molar-refractivity contribution >= 4 is 10.9 Å². The average molecular weight is 419 g/mol. The highest BCUT2D eigenvalue weighted by atomic mass is 16.5. The molecular formula is C24H25N3O4. The van der Waals surface area contributed by atoms with E-state index in [0.29, 0.717) is 53.6 Å².